The molecule has 0 spiro atoms. The van der Waals surface area contributed by atoms with Gasteiger partial charge in [0.2, 0.25) is 0 Å². The van der Waals surface area contributed by atoms with E-state index in [0.29, 0.717) is 25.6 Å². The minimum absolute atomic E-state index is 0.112. The third-order valence-electron chi connectivity index (χ3n) is 4.15. The van der Waals surface area contributed by atoms with Gasteiger partial charge in [-0.25, -0.2) is 9.48 Å². The summed E-state index contributed by atoms with van der Waals surface area (Å²) in [5.74, 6) is -0.311. The number of carbonyl (C=O) groups is 1. The first-order chi connectivity index (χ1) is 10.7. The van der Waals surface area contributed by atoms with E-state index in [-0.39, 0.29) is 11.4 Å². The predicted octanol–water partition coefficient (Wildman–Crippen LogP) is 4.03. The Morgan fingerprint density at radius 3 is 2.57 bits per heavy atom. The van der Waals surface area contributed by atoms with Gasteiger partial charge in [0.05, 0.1) is 15.9 Å². The lowest BCUT2D eigenvalue weighted by Gasteiger charge is -2.15. The second-order valence-corrected chi connectivity index (χ2v) is 14.3. The normalized spacial score (nSPS) is 16.4. The van der Waals surface area contributed by atoms with Crippen LogP contribution >= 0.6 is 22.6 Å². The molecule has 130 valence electrons. The van der Waals surface area contributed by atoms with Gasteiger partial charge in [-0.3, -0.25) is 0 Å². The van der Waals surface area contributed by atoms with E-state index in [0.717, 1.165) is 28.1 Å². The van der Waals surface area contributed by atoms with Crippen molar-refractivity contribution in [2.75, 3.05) is 13.2 Å². The lowest BCUT2D eigenvalue weighted by atomic mass is 10.1. The molecular formula is C16H27IN2O3Si. The highest BCUT2D eigenvalue weighted by Crippen LogP contribution is 2.48. The first kappa shape index (κ1) is 18.9. The maximum absolute atomic E-state index is 12.3. The Hall–Kier alpha value is -0.413. The van der Waals surface area contributed by atoms with Crippen LogP contribution in [0.25, 0.3) is 0 Å². The number of nitrogens with zero attached hydrogens (tertiary/aromatic N) is 2. The second kappa shape index (κ2) is 7.22. The van der Waals surface area contributed by atoms with Crippen LogP contribution in [0.15, 0.2) is 0 Å². The van der Waals surface area contributed by atoms with Crippen LogP contribution in [0.2, 0.25) is 25.7 Å². The maximum atomic E-state index is 12.3. The Morgan fingerprint density at radius 2 is 2.04 bits per heavy atom. The monoisotopic (exact) mass is 450 g/mol. The maximum Gasteiger partial charge on any atom is 0.357 e. The second-order valence-electron chi connectivity index (χ2n) is 7.64. The van der Waals surface area contributed by atoms with E-state index in [2.05, 4.69) is 54.3 Å². The molecule has 1 fully saturated rings. The Bertz CT molecular complexity index is 577. The molecule has 1 aliphatic carbocycles. The average Bonchev–Trinajstić information content (AvgIpc) is 3.08. The molecule has 0 unspecified atom stereocenters. The van der Waals surface area contributed by atoms with Crippen molar-refractivity contribution in [2.45, 2.75) is 64.5 Å². The van der Waals surface area contributed by atoms with Crippen molar-refractivity contribution in [1.82, 2.24) is 9.78 Å². The first-order valence-electron chi connectivity index (χ1n) is 8.19. The average molecular weight is 450 g/mol. The van der Waals surface area contributed by atoms with Crippen molar-refractivity contribution in [2.24, 2.45) is 0 Å². The van der Waals surface area contributed by atoms with Crippen LogP contribution in [-0.4, -0.2) is 37.0 Å². The van der Waals surface area contributed by atoms with Crippen molar-refractivity contribution in [3.05, 3.63) is 15.0 Å². The molecule has 0 saturated heterocycles. The fourth-order valence-electron chi connectivity index (χ4n) is 2.27. The third kappa shape index (κ3) is 4.79. The minimum atomic E-state index is -1.12. The molecule has 23 heavy (non-hydrogen) atoms. The highest BCUT2D eigenvalue weighted by Gasteiger charge is 2.44. The molecule has 1 aromatic rings. The number of carbonyl (C=O) groups excluding carboxylic acids is 1. The van der Waals surface area contributed by atoms with Gasteiger partial charge in [0.1, 0.15) is 6.73 Å². The summed E-state index contributed by atoms with van der Waals surface area (Å²) in [5, 5.41) is 4.68. The predicted molar refractivity (Wildman–Crippen MR) is 102 cm³/mol. The summed E-state index contributed by atoms with van der Waals surface area (Å²) >= 11 is 2.22. The van der Waals surface area contributed by atoms with E-state index < -0.39 is 8.07 Å². The van der Waals surface area contributed by atoms with Crippen LogP contribution in [-0.2, 0) is 21.6 Å². The van der Waals surface area contributed by atoms with E-state index in [1.165, 1.54) is 0 Å². The van der Waals surface area contributed by atoms with Crippen molar-refractivity contribution < 1.29 is 14.3 Å². The lowest BCUT2D eigenvalue weighted by Crippen LogP contribution is -2.23. The topological polar surface area (TPSA) is 53.3 Å². The quantitative estimate of drug-likeness (QED) is 0.260. The van der Waals surface area contributed by atoms with E-state index in [1.54, 1.807) is 4.68 Å². The summed E-state index contributed by atoms with van der Waals surface area (Å²) in [7, 11) is -1.12. The Morgan fingerprint density at radius 1 is 1.39 bits per heavy atom. The van der Waals surface area contributed by atoms with Crippen LogP contribution in [0.3, 0.4) is 0 Å². The number of halogens is 1. The Labute approximate surface area is 153 Å². The summed E-state index contributed by atoms with van der Waals surface area (Å²) in [5.41, 5.74) is 1.65. The highest BCUT2D eigenvalue weighted by atomic mass is 127. The molecule has 1 saturated carbocycles. The smallest absolute Gasteiger partial charge is 0.357 e. The van der Waals surface area contributed by atoms with Crippen molar-refractivity contribution in [3.63, 3.8) is 0 Å². The lowest BCUT2D eigenvalue weighted by molar-refractivity contribution is 0.0453. The van der Waals surface area contributed by atoms with Crippen molar-refractivity contribution in [1.29, 1.82) is 0 Å². The van der Waals surface area contributed by atoms with Gasteiger partial charge in [0.25, 0.3) is 0 Å². The van der Waals surface area contributed by atoms with Gasteiger partial charge in [-0.05, 0) is 48.4 Å². The number of ether oxygens (including phenoxy) is 2. The molecule has 0 N–H and O–H groups in total. The fourth-order valence-corrected chi connectivity index (χ4v) is 4.28. The molecule has 0 aromatic carbocycles. The minimum Gasteiger partial charge on any atom is -0.461 e. The van der Waals surface area contributed by atoms with E-state index in [4.69, 9.17) is 9.47 Å². The summed E-state index contributed by atoms with van der Waals surface area (Å²) in [4.78, 5) is 12.3. The zero-order valence-electron chi connectivity index (χ0n) is 14.7. The van der Waals surface area contributed by atoms with Crippen LogP contribution in [0.1, 0.15) is 42.9 Å². The molecule has 1 aliphatic rings. The van der Waals surface area contributed by atoms with E-state index in [9.17, 15) is 4.79 Å². The van der Waals surface area contributed by atoms with Crippen LogP contribution in [0.4, 0.5) is 0 Å². The number of esters is 1. The molecule has 0 bridgehead atoms. The zero-order chi connectivity index (χ0) is 17.3. The van der Waals surface area contributed by atoms with Crippen molar-refractivity contribution >= 4 is 36.6 Å². The largest absolute Gasteiger partial charge is 0.461 e. The summed E-state index contributed by atoms with van der Waals surface area (Å²) in [6.45, 7) is 12.4. The highest BCUT2D eigenvalue weighted by molar-refractivity contribution is 14.1. The number of hydrogen-bond acceptors (Lipinski definition) is 4. The van der Waals surface area contributed by atoms with Crippen LogP contribution in [0.5, 0.6) is 0 Å². The molecule has 1 aromatic heterocycles. The zero-order valence-corrected chi connectivity index (χ0v) is 17.9. The summed E-state index contributed by atoms with van der Waals surface area (Å²) in [6.07, 6.45) is 2.25. The molecule has 7 heteroatoms. The fraction of sp³-hybridized carbons (Fsp3) is 0.750. The molecule has 0 aliphatic heterocycles. The molecule has 1 heterocycles. The number of aromatic nitrogens is 2. The molecule has 2 rings (SSSR count). The van der Waals surface area contributed by atoms with Gasteiger partial charge in [-0.15, -0.1) is 0 Å². The van der Waals surface area contributed by atoms with Gasteiger partial charge < -0.3 is 9.47 Å². The Balaban J connectivity index is 2.14. The molecular weight excluding hydrogens is 423 g/mol. The van der Waals surface area contributed by atoms with Crippen molar-refractivity contribution in [3.8, 4) is 0 Å². The molecule has 5 nitrogen and oxygen atoms in total. The van der Waals surface area contributed by atoms with Gasteiger partial charge in [0, 0.05) is 20.1 Å². The van der Waals surface area contributed by atoms with E-state index in [1.807, 2.05) is 6.92 Å². The number of rotatable bonds is 8. The van der Waals surface area contributed by atoms with Gasteiger partial charge in [0.15, 0.2) is 5.69 Å². The SMILES string of the molecule is CCOC(=O)c1c(I)c(C2(C)CC2)nn1COCC[Si](C)(C)C. The summed E-state index contributed by atoms with van der Waals surface area (Å²) < 4.78 is 13.6. The third-order valence-corrected chi connectivity index (χ3v) is 6.87. The standard InChI is InChI=1S/C16H27IN2O3Si/c1-6-22-15(20)13-12(17)14(16(2)7-8-16)18-19(13)11-21-9-10-23(3,4)5/h6-11H2,1-5H3. The van der Waals surface area contributed by atoms with Crippen LogP contribution < -0.4 is 0 Å². The van der Waals surface area contributed by atoms with Gasteiger partial charge in [-0.1, -0.05) is 26.6 Å². The molecule has 0 atom stereocenters. The van der Waals surface area contributed by atoms with Crippen LogP contribution in [0, 0.1) is 3.57 Å². The Kier molecular flexibility index (Phi) is 5.94. The van der Waals surface area contributed by atoms with Gasteiger partial charge in [-0.2, -0.15) is 5.10 Å². The number of hydrogen-bond donors (Lipinski definition) is 0. The summed E-state index contributed by atoms with van der Waals surface area (Å²) in [6, 6.07) is 1.10. The molecule has 0 amide bonds. The first-order valence-corrected chi connectivity index (χ1v) is 13.0. The molecule has 0 radical (unpaired) electrons. The van der Waals surface area contributed by atoms with Gasteiger partial charge >= 0.3 is 5.97 Å². The van der Waals surface area contributed by atoms with E-state index >= 15 is 0 Å².